The first-order valence-electron chi connectivity index (χ1n) is 5.62. The number of amides is 1. The molecule has 0 aliphatic carbocycles. The van der Waals surface area contributed by atoms with Gasteiger partial charge in [0.1, 0.15) is 0 Å². The molecular weight excluding hydrogens is 357 g/mol. The Balaban J connectivity index is 2.44. The van der Waals surface area contributed by atoms with E-state index >= 15 is 0 Å². The molecule has 0 unspecified atom stereocenters. The first kappa shape index (κ1) is 15.6. The maximum absolute atomic E-state index is 13.1. The molecule has 1 heterocycles. The number of methoxy groups -OCH3 is 1. The van der Waals surface area contributed by atoms with E-state index in [2.05, 4.69) is 26.1 Å². The van der Waals surface area contributed by atoms with Gasteiger partial charge in [-0.25, -0.2) is 4.79 Å². The Labute approximate surface area is 126 Å². The normalized spacial score (nSPS) is 21.8. The summed E-state index contributed by atoms with van der Waals surface area (Å²) in [7, 11) is 0.915. The van der Waals surface area contributed by atoms with Crippen molar-refractivity contribution in [2.24, 2.45) is 0 Å². The maximum Gasteiger partial charge on any atom is 0.442 e. The van der Waals surface area contributed by atoms with Crippen LogP contribution < -0.4 is 5.43 Å². The Kier molecular flexibility index (Phi) is 3.89. The molecule has 1 aromatic rings. The highest BCUT2D eigenvalue weighted by molar-refractivity contribution is 9.10. The van der Waals surface area contributed by atoms with E-state index in [0.717, 1.165) is 11.6 Å². The summed E-state index contributed by atoms with van der Waals surface area (Å²) in [5, 5.41) is 9.82. The fourth-order valence-corrected chi connectivity index (χ4v) is 2.03. The van der Waals surface area contributed by atoms with Crippen LogP contribution in [-0.4, -0.2) is 35.2 Å². The van der Waals surface area contributed by atoms with Crippen LogP contribution in [0.2, 0.25) is 0 Å². The van der Waals surface area contributed by atoms with Crippen LogP contribution in [0.1, 0.15) is 5.56 Å². The Morgan fingerprint density at radius 1 is 1.38 bits per heavy atom. The third-order valence-corrected chi connectivity index (χ3v) is 3.38. The van der Waals surface area contributed by atoms with Gasteiger partial charge >= 0.3 is 12.3 Å². The number of nitrogens with zero attached hydrogens (tertiary/aromatic N) is 1. The smallest absolute Gasteiger partial charge is 0.442 e. The van der Waals surface area contributed by atoms with Crippen molar-refractivity contribution in [1.82, 2.24) is 10.4 Å². The lowest BCUT2D eigenvalue weighted by Crippen LogP contribution is -2.60. The van der Waals surface area contributed by atoms with E-state index in [-0.39, 0.29) is 10.7 Å². The molecule has 114 valence electrons. The van der Waals surface area contributed by atoms with Crippen molar-refractivity contribution in [3.05, 3.63) is 40.4 Å². The highest BCUT2D eigenvalue weighted by Gasteiger charge is 2.62. The van der Waals surface area contributed by atoms with Gasteiger partial charge in [-0.3, -0.25) is 5.43 Å². The Morgan fingerprint density at radius 2 is 1.95 bits per heavy atom. The van der Waals surface area contributed by atoms with Crippen molar-refractivity contribution in [2.75, 3.05) is 7.11 Å². The summed E-state index contributed by atoms with van der Waals surface area (Å²) < 4.78 is 44.1. The third kappa shape index (κ3) is 2.70. The standard InChI is InChI=1S/C12H10BrF3N2O3/c1-21-10(19)18-11(20,12(14,15)16)6-9(17-18)7-2-4-8(13)5-3-7/h2-6,17,20H,1H3/t11-/m1/s1. The first-order chi connectivity index (χ1) is 9.69. The minimum absolute atomic E-state index is 0.00955. The molecule has 0 saturated heterocycles. The molecule has 2 rings (SSSR count). The number of hydrogen-bond donors (Lipinski definition) is 2. The van der Waals surface area contributed by atoms with Gasteiger partial charge in [-0.2, -0.15) is 18.2 Å². The predicted molar refractivity (Wildman–Crippen MR) is 70.5 cm³/mol. The van der Waals surface area contributed by atoms with E-state index in [4.69, 9.17) is 0 Å². The second-order valence-corrected chi connectivity index (χ2v) is 5.12. The average Bonchev–Trinajstić information content (AvgIpc) is 2.78. The zero-order valence-electron chi connectivity index (χ0n) is 10.6. The molecule has 0 aromatic heterocycles. The summed E-state index contributed by atoms with van der Waals surface area (Å²) in [6.07, 6.45) is -5.93. The molecule has 9 heteroatoms. The van der Waals surface area contributed by atoms with Crippen LogP contribution >= 0.6 is 15.9 Å². The highest BCUT2D eigenvalue weighted by atomic mass is 79.9. The number of nitrogens with one attached hydrogen (secondary N) is 1. The quantitative estimate of drug-likeness (QED) is 0.801. The van der Waals surface area contributed by atoms with Crippen molar-refractivity contribution < 1.29 is 27.8 Å². The van der Waals surface area contributed by atoms with Crippen LogP contribution in [0, 0.1) is 0 Å². The molecule has 0 spiro atoms. The van der Waals surface area contributed by atoms with Crippen LogP contribution in [-0.2, 0) is 4.74 Å². The number of hydrazine groups is 1. The minimum atomic E-state index is -5.09. The van der Waals surface area contributed by atoms with E-state index < -0.39 is 18.0 Å². The summed E-state index contributed by atoms with van der Waals surface area (Å²) in [4.78, 5) is 11.4. The average molecular weight is 367 g/mol. The van der Waals surface area contributed by atoms with Crippen LogP contribution in [0.4, 0.5) is 18.0 Å². The topological polar surface area (TPSA) is 61.8 Å². The summed E-state index contributed by atoms with van der Waals surface area (Å²) in [6.45, 7) is 0. The molecule has 5 nitrogen and oxygen atoms in total. The molecule has 0 radical (unpaired) electrons. The van der Waals surface area contributed by atoms with E-state index in [1.807, 2.05) is 0 Å². The number of benzene rings is 1. The molecule has 1 aromatic carbocycles. The van der Waals surface area contributed by atoms with Gasteiger partial charge in [-0.1, -0.05) is 28.1 Å². The number of carbonyl (C=O) groups excluding carboxylic acids is 1. The summed E-state index contributed by atoms with van der Waals surface area (Å²) in [5.41, 5.74) is -0.969. The number of halogens is 4. The second-order valence-electron chi connectivity index (χ2n) is 4.21. The first-order valence-corrected chi connectivity index (χ1v) is 6.41. The zero-order chi connectivity index (χ0) is 15.8. The summed E-state index contributed by atoms with van der Waals surface area (Å²) in [5.74, 6) is 0. The number of aliphatic hydroxyl groups is 1. The van der Waals surface area contributed by atoms with Gasteiger partial charge in [0.25, 0.3) is 5.72 Å². The monoisotopic (exact) mass is 366 g/mol. The minimum Gasteiger partial charge on any atom is -0.451 e. The Bertz CT molecular complexity index is 588. The fourth-order valence-electron chi connectivity index (χ4n) is 1.77. The van der Waals surface area contributed by atoms with Crippen molar-refractivity contribution in [1.29, 1.82) is 0 Å². The summed E-state index contributed by atoms with van der Waals surface area (Å²) in [6, 6.07) is 6.29. The summed E-state index contributed by atoms with van der Waals surface area (Å²) >= 11 is 3.20. The SMILES string of the molecule is COC(=O)N1NC(c2ccc(Br)cc2)=C[C@@]1(O)C(F)(F)F. The largest absolute Gasteiger partial charge is 0.451 e. The molecule has 0 fully saturated rings. The third-order valence-electron chi connectivity index (χ3n) is 2.85. The lowest BCUT2D eigenvalue weighted by molar-refractivity contribution is -0.285. The number of hydrogen-bond acceptors (Lipinski definition) is 4. The van der Waals surface area contributed by atoms with Crippen LogP contribution in [0.15, 0.2) is 34.8 Å². The lowest BCUT2D eigenvalue weighted by atomic mass is 10.1. The second kappa shape index (κ2) is 5.23. The molecule has 1 atom stereocenters. The number of ether oxygens (including phenoxy) is 1. The molecule has 1 aliphatic rings. The molecular formula is C12H10BrF3N2O3. The molecule has 1 aliphatic heterocycles. The molecule has 0 bridgehead atoms. The zero-order valence-corrected chi connectivity index (χ0v) is 12.2. The van der Waals surface area contributed by atoms with E-state index in [1.165, 1.54) is 12.1 Å². The maximum atomic E-state index is 13.1. The van der Waals surface area contributed by atoms with E-state index in [1.54, 1.807) is 12.1 Å². The highest BCUT2D eigenvalue weighted by Crippen LogP contribution is 2.39. The van der Waals surface area contributed by atoms with Gasteiger partial charge in [0.05, 0.1) is 12.8 Å². The Morgan fingerprint density at radius 3 is 2.43 bits per heavy atom. The van der Waals surface area contributed by atoms with Crippen molar-refractivity contribution in [2.45, 2.75) is 11.9 Å². The Hall–Kier alpha value is -1.74. The fraction of sp³-hybridized carbons (Fsp3) is 0.250. The van der Waals surface area contributed by atoms with Crippen LogP contribution in [0.25, 0.3) is 5.70 Å². The van der Waals surface area contributed by atoms with Crippen molar-refractivity contribution in [3.63, 3.8) is 0 Å². The molecule has 0 saturated carbocycles. The van der Waals surface area contributed by atoms with Crippen molar-refractivity contribution >= 4 is 27.7 Å². The molecule has 2 N–H and O–H groups in total. The molecule has 1 amide bonds. The number of alkyl halides is 3. The molecule has 21 heavy (non-hydrogen) atoms. The lowest BCUT2D eigenvalue weighted by Gasteiger charge is -2.32. The van der Waals surface area contributed by atoms with E-state index in [9.17, 15) is 23.1 Å². The van der Waals surface area contributed by atoms with Gasteiger partial charge in [0.15, 0.2) is 0 Å². The van der Waals surface area contributed by atoms with Crippen LogP contribution in [0.3, 0.4) is 0 Å². The predicted octanol–water partition coefficient (Wildman–Crippen LogP) is 2.63. The van der Waals surface area contributed by atoms with Crippen LogP contribution in [0.5, 0.6) is 0 Å². The van der Waals surface area contributed by atoms with Gasteiger partial charge in [0.2, 0.25) is 0 Å². The van der Waals surface area contributed by atoms with Gasteiger partial charge in [-0.15, -0.1) is 0 Å². The number of rotatable bonds is 1. The van der Waals surface area contributed by atoms with E-state index in [0.29, 0.717) is 11.6 Å². The number of carbonyl (C=O) groups is 1. The van der Waals surface area contributed by atoms with Crippen molar-refractivity contribution in [3.8, 4) is 0 Å². The van der Waals surface area contributed by atoms with Gasteiger partial charge < -0.3 is 9.84 Å². The van der Waals surface area contributed by atoms with Gasteiger partial charge in [-0.05, 0) is 17.7 Å². The van der Waals surface area contributed by atoms with Gasteiger partial charge in [0, 0.05) is 10.5 Å².